The standard InChI is InChI=1S/C14H28N2O3.C12H23N2O2P.C12H26N2O2.C9H13N2O.C7H14O.4C4H10.C3H6NO2P.ClH/c1-6-12(14(3,4)5)15-9-7-8-11(13(18)19)16-10(2)17;1-5-10(12(2,3)4)13-8-6-7-9(14-17)11(15)16;1-5-10(12(2,3)4)14-8-6-7-9(13)11(15)16;1-8(12)11-6-4-9(5-7-11)10(2)3;1-5-6(8)7(2,3)4;4*1-3-4-2;1-2(4-7)3(5)6;/h11-12,15H,6-9H2,1-5H3,(H,16,17)(H,18,19);9,17H,5-8H2,1-4H3,(H,15,16);9-10,14H,5-8,13H2,1-4H3,(H,15,16);4-7H,1-3H3;5H2,1-4H3;4*3-4H2,1-2H3;2,7H,1H3,(H,5,6);1H/q;;;+1;;;;;;;/p-1. The summed E-state index contributed by atoms with van der Waals surface area (Å²) in [5.74, 6) is -3.65. The third-order valence-electron chi connectivity index (χ3n) is 14.0. The summed E-state index contributed by atoms with van der Waals surface area (Å²) < 4.78 is 8.47. The van der Waals surface area contributed by atoms with Crippen molar-refractivity contribution in [3.63, 3.8) is 0 Å². The number of aliphatic imine (C=N–C) groups is 1. The normalized spacial score (nSPS) is 12.5. The van der Waals surface area contributed by atoms with Crippen molar-refractivity contribution in [1.29, 1.82) is 0 Å². The molecule has 1 rings (SSSR count). The number of ketones is 1. The molecule has 96 heavy (non-hydrogen) atoms. The number of pyridine rings is 1. The van der Waals surface area contributed by atoms with E-state index in [1.54, 1.807) is 17.0 Å². The largest absolute Gasteiger partial charge is 1.00 e. The Morgan fingerprint density at radius 1 is 0.552 bits per heavy atom. The van der Waals surface area contributed by atoms with Crippen molar-refractivity contribution in [2.75, 3.05) is 38.6 Å². The average molecular weight is 1430 g/mol. The second-order valence-electron chi connectivity index (χ2n) is 27.5. The molecule has 1 aromatic rings. The Bertz CT molecular complexity index is 2090. The van der Waals surface area contributed by atoms with Gasteiger partial charge in [-0.3, -0.25) is 28.9 Å². The summed E-state index contributed by atoms with van der Waals surface area (Å²) in [7, 11) is 9.53. The minimum absolute atomic E-state index is 0. The molecule has 23 heteroatoms. The minimum atomic E-state index is -0.974. The fourth-order valence-corrected chi connectivity index (χ4v) is 7.42. The summed E-state index contributed by atoms with van der Waals surface area (Å²) in [6, 6.07) is 1.87. The zero-order valence-corrected chi connectivity index (χ0v) is 69.2. The summed E-state index contributed by atoms with van der Waals surface area (Å²) in [6.45, 7) is 57.8. The van der Waals surface area contributed by atoms with Gasteiger partial charge >= 0.3 is 29.8 Å². The Morgan fingerprint density at radius 2 is 0.938 bits per heavy atom. The lowest BCUT2D eigenvalue weighted by molar-refractivity contribution is -0.572. The lowest BCUT2D eigenvalue weighted by Crippen LogP contribution is -3.00. The SMILES string of the molecule is CC(=O)[n+]1ccc(N(C)C)cc1.CC(N=P)C(=O)O.CCC(=NCCCC(N=P)C(=O)O)C(C)(C)C.CCC(=O)C(C)(C)C.CCC(NCCCC(N)C(=O)O)C(C)(C)C.CCC(NCCCC(NC(C)=O)C(=O)O)C(C)(C)C.CCCC.CCCC.CCCC.CCCC.[Cl-]. The number of carboxylic acid groups (broad SMARTS) is 4. The van der Waals surface area contributed by atoms with Gasteiger partial charge in [-0.05, 0) is 112 Å². The maximum Gasteiger partial charge on any atom is 0.389 e. The number of carboxylic acids is 4. The highest BCUT2D eigenvalue weighted by Gasteiger charge is 2.25. The molecule has 0 bridgehead atoms. The lowest BCUT2D eigenvalue weighted by atomic mass is 9.85. The Hall–Kier alpha value is -4.32. The Morgan fingerprint density at radius 3 is 1.15 bits per heavy atom. The van der Waals surface area contributed by atoms with E-state index in [-0.39, 0.29) is 45.9 Å². The van der Waals surface area contributed by atoms with Gasteiger partial charge < -0.3 is 59.4 Å². The van der Waals surface area contributed by atoms with Gasteiger partial charge in [-0.25, -0.2) is 19.2 Å². The molecule has 0 spiro atoms. The summed E-state index contributed by atoms with van der Waals surface area (Å²) in [5.41, 5.74) is 8.10. The quantitative estimate of drug-likeness (QED) is 0.0154. The van der Waals surface area contributed by atoms with E-state index >= 15 is 0 Å². The van der Waals surface area contributed by atoms with Crippen molar-refractivity contribution in [2.24, 2.45) is 41.9 Å². The fraction of sp³-hybridized carbons (Fsp3) is 0.822. The van der Waals surface area contributed by atoms with Crippen LogP contribution in [-0.4, -0.2) is 138 Å². The van der Waals surface area contributed by atoms with Crippen LogP contribution in [0.3, 0.4) is 0 Å². The molecule has 0 aliphatic carbocycles. The zero-order valence-electron chi connectivity index (χ0n) is 66.5. The fourth-order valence-electron chi connectivity index (χ4n) is 7.07. The van der Waals surface area contributed by atoms with Gasteiger partial charge in [0.25, 0.3) is 0 Å². The van der Waals surface area contributed by atoms with Crippen LogP contribution in [0.25, 0.3) is 0 Å². The average Bonchev–Trinajstić information content (AvgIpc) is 1.57. The third kappa shape index (κ3) is 78.7. The topological polar surface area (TPSA) is 307 Å². The number of carbonyl (C=O) groups is 7. The number of nitrogens with two attached hydrogens (primary N) is 1. The number of aliphatic carboxylic acids is 4. The molecule has 20 nitrogen and oxygen atoms in total. The van der Waals surface area contributed by atoms with Crippen LogP contribution in [0.1, 0.15) is 307 Å². The molecular weight excluding hydrogens is 1280 g/mol. The van der Waals surface area contributed by atoms with Crippen molar-refractivity contribution in [3.8, 4) is 0 Å². The number of anilines is 1. The summed E-state index contributed by atoms with van der Waals surface area (Å²) in [4.78, 5) is 81.1. The smallest absolute Gasteiger partial charge is 0.389 e. The number of halogens is 1. The van der Waals surface area contributed by atoms with Gasteiger partial charge in [-0.1, -0.05) is 218 Å². The summed E-state index contributed by atoms with van der Waals surface area (Å²) >= 11 is 0. The van der Waals surface area contributed by atoms with Gasteiger partial charge in [0, 0.05) is 75.0 Å². The van der Waals surface area contributed by atoms with Crippen LogP contribution < -0.4 is 43.6 Å². The Kier molecular flexibility index (Phi) is 83.0. The lowest BCUT2D eigenvalue weighted by Gasteiger charge is -2.31. The van der Waals surface area contributed by atoms with Crippen LogP contribution in [0, 0.1) is 21.7 Å². The van der Waals surface area contributed by atoms with E-state index in [2.05, 4.69) is 187 Å². The van der Waals surface area contributed by atoms with E-state index in [4.69, 9.17) is 26.2 Å². The van der Waals surface area contributed by atoms with Gasteiger partial charge in [-0.2, -0.15) is 0 Å². The first-order valence-electron chi connectivity index (χ1n) is 35.1. The monoisotopic (exact) mass is 1430 g/mol. The number of unbranched alkanes of at least 4 members (excludes halogenated alkanes) is 4. The number of aromatic nitrogens is 1. The third-order valence-corrected chi connectivity index (χ3v) is 14.7. The Labute approximate surface area is 598 Å². The molecule has 0 saturated carbocycles. The molecule has 0 radical (unpaired) electrons. The number of rotatable bonds is 30. The predicted molar refractivity (Wildman–Crippen MR) is 408 cm³/mol. The van der Waals surface area contributed by atoms with E-state index in [1.807, 2.05) is 58.8 Å². The zero-order chi connectivity index (χ0) is 76.7. The highest BCUT2D eigenvalue weighted by atomic mass is 35.5. The molecule has 1 amide bonds. The van der Waals surface area contributed by atoms with Gasteiger partial charge in [0.1, 0.15) is 23.9 Å². The molecule has 0 aromatic carbocycles. The maximum absolute atomic E-state index is 10.9. The van der Waals surface area contributed by atoms with E-state index in [1.165, 1.54) is 77.8 Å². The van der Waals surface area contributed by atoms with E-state index in [9.17, 15) is 33.6 Å². The number of amides is 1. The van der Waals surface area contributed by atoms with E-state index in [0.717, 1.165) is 57.3 Å². The molecule has 1 aromatic heterocycles. The molecule has 0 saturated heterocycles. The first kappa shape index (κ1) is 113. The number of hydrogen-bond donors (Lipinski definition) is 8. The maximum atomic E-state index is 10.9. The molecule has 6 unspecified atom stereocenters. The second-order valence-corrected chi connectivity index (χ2v) is 28.0. The van der Waals surface area contributed by atoms with Gasteiger partial charge in [-0.15, -0.1) is 4.57 Å². The number of nitrogens with one attached hydrogen (secondary N) is 3. The number of carbonyl (C=O) groups excluding carboxylic acids is 3. The highest BCUT2D eigenvalue weighted by Crippen LogP contribution is 2.23. The van der Waals surface area contributed by atoms with Crippen molar-refractivity contribution in [2.45, 2.75) is 339 Å². The summed E-state index contributed by atoms with van der Waals surface area (Å²) in [5, 5.41) is 43.8. The minimum Gasteiger partial charge on any atom is -1.00 e. The van der Waals surface area contributed by atoms with Crippen molar-refractivity contribution in [1.82, 2.24) is 16.0 Å². The van der Waals surface area contributed by atoms with Gasteiger partial charge in [0.05, 0.1) is 6.92 Å². The second kappa shape index (κ2) is 70.5. The van der Waals surface area contributed by atoms with Crippen molar-refractivity contribution in [3.05, 3.63) is 24.5 Å². The molecule has 0 aliphatic heterocycles. The van der Waals surface area contributed by atoms with Crippen LogP contribution in [0.15, 0.2) is 39.0 Å². The van der Waals surface area contributed by atoms with Crippen LogP contribution in [0.4, 0.5) is 5.69 Å². The molecule has 0 fully saturated rings. The van der Waals surface area contributed by atoms with Crippen molar-refractivity contribution >= 4 is 70.9 Å². The predicted octanol–water partition coefficient (Wildman–Crippen LogP) is 14.5. The van der Waals surface area contributed by atoms with Gasteiger partial charge in [0.2, 0.25) is 5.91 Å². The highest BCUT2D eigenvalue weighted by molar-refractivity contribution is 7.04. The van der Waals surface area contributed by atoms with Crippen LogP contribution >= 0.6 is 18.1 Å². The van der Waals surface area contributed by atoms with E-state index < -0.39 is 48.0 Å². The molecular formula is C73H150ClN9O11P2. The molecule has 9 N–H and O–H groups in total. The molecule has 1 heterocycles. The van der Waals surface area contributed by atoms with Gasteiger partial charge in [0.15, 0.2) is 18.4 Å². The molecule has 0 aliphatic rings. The van der Waals surface area contributed by atoms with Crippen LogP contribution in [0.2, 0.25) is 0 Å². The first-order valence-corrected chi connectivity index (χ1v) is 36.0. The Balaban J connectivity index is -0.000000112. The number of hydrogen-bond acceptors (Lipinski definition) is 14. The summed E-state index contributed by atoms with van der Waals surface area (Å²) in [6.07, 6.45) is 21.6. The first-order chi connectivity index (χ1) is 43.7. The molecule has 6 atom stereocenters. The van der Waals surface area contributed by atoms with Crippen LogP contribution in [0.5, 0.6) is 0 Å². The van der Waals surface area contributed by atoms with E-state index in [0.29, 0.717) is 50.1 Å². The van der Waals surface area contributed by atoms with Crippen molar-refractivity contribution < 1.29 is 71.0 Å². The molecule has 570 valence electrons. The number of nitrogens with zero attached hydrogens (tertiary/aromatic N) is 5. The number of Topliss-reactive ketones (excluding diaryl/α,β-unsaturated/α-hetero) is 1. The van der Waals surface area contributed by atoms with Crippen LogP contribution in [-0.2, 0) is 28.8 Å².